The van der Waals surface area contributed by atoms with E-state index in [1.54, 1.807) is 0 Å². The van der Waals surface area contributed by atoms with E-state index >= 15 is 0 Å². The largest absolute Gasteiger partial charge is 0.141 e. The summed E-state index contributed by atoms with van der Waals surface area (Å²) in [5, 5.41) is 2.28. The van der Waals surface area contributed by atoms with Gasteiger partial charge in [-0.25, -0.2) is 0 Å². The number of hydrogen-bond acceptors (Lipinski definition) is 4. The summed E-state index contributed by atoms with van der Waals surface area (Å²) in [6.45, 7) is 6.66. The van der Waals surface area contributed by atoms with Crippen molar-refractivity contribution in [1.29, 1.82) is 0 Å². The first kappa shape index (κ1) is 13.5. The van der Waals surface area contributed by atoms with E-state index in [2.05, 4.69) is 48.1 Å². The molecule has 0 aromatic carbocycles. The SMILES string of the molecule is Cc1sc(-c2sc3c(sc4c(C)csc43)c2C)cc1Br. The van der Waals surface area contributed by atoms with Crippen LogP contribution in [0.1, 0.15) is 16.0 Å². The molecule has 0 N–H and O–H groups in total. The van der Waals surface area contributed by atoms with Gasteiger partial charge >= 0.3 is 0 Å². The molecule has 4 heterocycles. The van der Waals surface area contributed by atoms with Crippen LogP contribution in [0.5, 0.6) is 0 Å². The fourth-order valence-electron chi connectivity index (χ4n) is 2.40. The molecule has 0 spiro atoms. The van der Waals surface area contributed by atoms with E-state index in [4.69, 9.17) is 0 Å². The Bertz CT molecular complexity index is 928. The van der Waals surface area contributed by atoms with Crippen LogP contribution >= 0.6 is 61.3 Å². The van der Waals surface area contributed by atoms with Crippen molar-refractivity contribution in [3.05, 3.63) is 31.9 Å². The predicted molar refractivity (Wildman–Crippen MR) is 100 cm³/mol. The Morgan fingerprint density at radius 1 is 0.900 bits per heavy atom. The van der Waals surface area contributed by atoms with E-state index in [1.807, 2.05) is 45.3 Å². The molecule has 0 aliphatic heterocycles. The molecule has 0 bridgehead atoms. The standard InChI is InChI=1S/C15H11BrS4/c1-6-5-17-14-11(6)19-13-7(2)12(20-15(13)14)10-4-9(16)8(3)18-10/h4-5H,1-3H3. The highest BCUT2D eigenvalue weighted by Crippen LogP contribution is 2.50. The first-order chi connectivity index (χ1) is 9.56. The minimum Gasteiger partial charge on any atom is -0.141 e. The van der Waals surface area contributed by atoms with Gasteiger partial charge in [0.05, 0.1) is 18.8 Å². The lowest BCUT2D eigenvalue weighted by molar-refractivity contribution is 1.58. The lowest BCUT2D eigenvalue weighted by Crippen LogP contribution is -1.68. The summed E-state index contributed by atoms with van der Waals surface area (Å²) in [6.07, 6.45) is 0. The van der Waals surface area contributed by atoms with Crippen molar-refractivity contribution in [3.63, 3.8) is 0 Å². The molecule has 0 nitrogen and oxygen atoms in total. The normalized spacial score (nSPS) is 12.0. The monoisotopic (exact) mass is 398 g/mol. The summed E-state index contributed by atoms with van der Waals surface area (Å²) in [4.78, 5) is 4.19. The fraction of sp³-hybridized carbons (Fsp3) is 0.200. The first-order valence-electron chi connectivity index (χ1n) is 6.22. The lowest BCUT2D eigenvalue weighted by Gasteiger charge is -1.94. The Morgan fingerprint density at radius 3 is 2.40 bits per heavy atom. The van der Waals surface area contributed by atoms with Gasteiger partial charge in [0.25, 0.3) is 0 Å². The van der Waals surface area contributed by atoms with E-state index in [0.29, 0.717) is 0 Å². The zero-order valence-electron chi connectivity index (χ0n) is 11.2. The van der Waals surface area contributed by atoms with Crippen LogP contribution in [-0.4, -0.2) is 0 Å². The zero-order valence-corrected chi connectivity index (χ0v) is 16.0. The average molecular weight is 399 g/mol. The molecule has 4 aromatic rings. The third-order valence-electron chi connectivity index (χ3n) is 3.50. The third kappa shape index (κ3) is 1.80. The van der Waals surface area contributed by atoms with Crippen molar-refractivity contribution in [2.45, 2.75) is 20.8 Å². The number of thiophene rings is 4. The quantitative estimate of drug-likeness (QED) is 0.309. The van der Waals surface area contributed by atoms with Crippen molar-refractivity contribution >= 4 is 80.1 Å². The smallest absolute Gasteiger partial charge is 0.0639 e. The van der Waals surface area contributed by atoms with Gasteiger partial charge in [-0.05, 0) is 59.3 Å². The van der Waals surface area contributed by atoms with Gasteiger partial charge in [-0.3, -0.25) is 0 Å². The molecule has 4 rings (SSSR count). The molecule has 0 saturated carbocycles. The Balaban J connectivity index is 2.03. The number of fused-ring (bicyclic) bond motifs is 3. The molecule has 0 aliphatic carbocycles. The van der Waals surface area contributed by atoms with Crippen molar-refractivity contribution < 1.29 is 0 Å². The van der Waals surface area contributed by atoms with Gasteiger partial charge in [-0.15, -0.1) is 45.3 Å². The molecular formula is C15H11BrS4. The number of hydrogen-bond donors (Lipinski definition) is 0. The molecule has 0 fully saturated rings. The first-order valence-corrected chi connectivity index (χ1v) is 10.3. The van der Waals surface area contributed by atoms with Crippen LogP contribution < -0.4 is 0 Å². The van der Waals surface area contributed by atoms with Gasteiger partial charge < -0.3 is 0 Å². The molecule has 0 radical (unpaired) electrons. The second-order valence-electron chi connectivity index (χ2n) is 4.91. The summed E-state index contributed by atoms with van der Waals surface area (Å²) in [5.41, 5.74) is 2.88. The maximum Gasteiger partial charge on any atom is 0.0639 e. The van der Waals surface area contributed by atoms with Crippen LogP contribution in [0, 0.1) is 20.8 Å². The third-order valence-corrected chi connectivity index (χ3v) is 10.1. The summed E-state index contributed by atoms with van der Waals surface area (Å²) in [6, 6.07) is 2.26. The van der Waals surface area contributed by atoms with Gasteiger partial charge in [-0.2, -0.15) is 0 Å². The minimum absolute atomic E-state index is 1.23. The number of aryl methyl sites for hydroxylation is 3. The molecule has 102 valence electrons. The van der Waals surface area contributed by atoms with Crippen molar-refractivity contribution in [1.82, 2.24) is 0 Å². The highest BCUT2D eigenvalue weighted by Gasteiger charge is 2.19. The van der Waals surface area contributed by atoms with Crippen molar-refractivity contribution in [2.24, 2.45) is 0 Å². The predicted octanol–water partition coefficient (Wildman–Crippen LogP) is 7.59. The van der Waals surface area contributed by atoms with E-state index in [9.17, 15) is 0 Å². The second-order valence-corrected chi connectivity index (χ2v) is 9.94. The molecule has 0 amide bonds. The van der Waals surface area contributed by atoms with Crippen molar-refractivity contribution in [3.8, 4) is 9.75 Å². The van der Waals surface area contributed by atoms with Crippen LogP contribution in [-0.2, 0) is 0 Å². The summed E-state index contributed by atoms with van der Waals surface area (Å²) in [7, 11) is 0. The summed E-state index contributed by atoms with van der Waals surface area (Å²) >= 11 is 11.3. The van der Waals surface area contributed by atoms with E-state index in [1.165, 1.54) is 49.0 Å². The van der Waals surface area contributed by atoms with Gasteiger partial charge in [-0.1, -0.05) is 0 Å². The van der Waals surface area contributed by atoms with Crippen LogP contribution in [0.25, 0.3) is 28.6 Å². The molecule has 5 heteroatoms. The Kier molecular flexibility index (Phi) is 3.13. The van der Waals surface area contributed by atoms with Gasteiger partial charge in [0, 0.05) is 19.1 Å². The molecule has 20 heavy (non-hydrogen) atoms. The molecule has 0 unspecified atom stereocenters. The zero-order chi connectivity index (χ0) is 14.0. The Morgan fingerprint density at radius 2 is 1.70 bits per heavy atom. The minimum atomic E-state index is 1.23. The molecule has 4 aromatic heterocycles. The van der Waals surface area contributed by atoms with Gasteiger partial charge in [0.1, 0.15) is 0 Å². The topological polar surface area (TPSA) is 0 Å². The molecule has 0 atom stereocenters. The Labute approximate surface area is 141 Å². The van der Waals surface area contributed by atoms with E-state index in [0.717, 1.165) is 0 Å². The number of rotatable bonds is 1. The van der Waals surface area contributed by atoms with Gasteiger partial charge in [0.2, 0.25) is 0 Å². The molecule has 0 aliphatic rings. The van der Waals surface area contributed by atoms with Crippen LogP contribution in [0.15, 0.2) is 15.9 Å². The highest BCUT2D eigenvalue weighted by atomic mass is 79.9. The van der Waals surface area contributed by atoms with Crippen molar-refractivity contribution in [2.75, 3.05) is 0 Å². The number of halogens is 1. The summed E-state index contributed by atoms with van der Waals surface area (Å²) in [5.74, 6) is 0. The fourth-order valence-corrected chi connectivity index (χ4v) is 8.25. The maximum absolute atomic E-state index is 3.64. The Hall–Kier alpha value is -0.200. The lowest BCUT2D eigenvalue weighted by atomic mass is 10.2. The van der Waals surface area contributed by atoms with Gasteiger partial charge in [0.15, 0.2) is 0 Å². The second kappa shape index (κ2) is 4.65. The summed E-state index contributed by atoms with van der Waals surface area (Å²) < 4.78 is 7.16. The highest BCUT2D eigenvalue weighted by molar-refractivity contribution is 9.10. The average Bonchev–Trinajstić information content (AvgIpc) is 3.09. The van der Waals surface area contributed by atoms with Crippen LogP contribution in [0.4, 0.5) is 0 Å². The molecular weight excluding hydrogens is 388 g/mol. The van der Waals surface area contributed by atoms with Crippen LogP contribution in [0.3, 0.4) is 0 Å². The van der Waals surface area contributed by atoms with E-state index in [-0.39, 0.29) is 0 Å². The molecule has 0 saturated heterocycles. The maximum atomic E-state index is 3.64. The van der Waals surface area contributed by atoms with E-state index < -0.39 is 0 Å². The van der Waals surface area contributed by atoms with Crippen LogP contribution in [0.2, 0.25) is 0 Å².